The summed E-state index contributed by atoms with van der Waals surface area (Å²) < 4.78 is 43.9. The van der Waals surface area contributed by atoms with Crippen LogP contribution in [0.4, 0.5) is 13.2 Å². The number of amides is 1. The minimum absolute atomic E-state index is 0.0705. The number of nitrogens with one attached hydrogen (secondary N) is 1. The number of hydrogen-bond acceptors (Lipinski definition) is 3. The Bertz CT molecular complexity index is 568. The first kappa shape index (κ1) is 14.4. The van der Waals surface area contributed by atoms with E-state index in [9.17, 15) is 23.1 Å². The van der Waals surface area contributed by atoms with Crippen molar-refractivity contribution in [3.05, 3.63) is 35.4 Å². The van der Waals surface area contributed by atoms with Crippen LogP contribution in [0.15, 0.2) is 29.8 Å². The highest BCUT2D eigenvalue weighted by Gasteiger charge is 2.60. The largest absolute Gasteiger partial charge is 0.460 e. The molecule has 4 nitrogen and oxygen atoms in total. The number of ether oxygens (including phenoxy) is 1. The Morgan fingerprint density at radius 3 is 2.65 bits per heavy atom. The summed E-state index contributed by atoms with van der Waals surface area (Å²) >= 11 is 0. The lowest BCUT2D eigenvalue weighted by atomic mass is 9.98. The van der Waals surface area contributed by atoms with Crippen molar-refractivity contribution in [2.75, 3.05) is 6.54 Å². The molecule has 1 aromatic carbocycles. The van der Waals surface area contributed by atoms with Gasteiger partial charge in [0, 0.05) is 24.6 Å². The predicted octanol–water partition coefficient (Wildman–Crippen LogP) is 1.85. The van der Waals surface area contributed by atoms with Crippen LogP contribution in [0.5, 0.6) is 5.75 Å². The normalized spacial score (nSPS) is 21.6. The monoisotopic (exact) mass is 287 g/mol. The Morgan fingerprint density at radius 2 is 2.05 bits per heavy atom. The maximum atomic E-state index is 13.1. The number of halogens is 3. The number of aliphatic hydroxyl groups is 1. The summed E-state index contributed by atoms with van der Waals surface area (Å²) in [7, 11) is 0. The van der Waals surface area contributed by atoms with Gasteiger partial charge in [0.15, 0.2) is 0 Å². The molecule has 1 aliphatic heterocycles. The van der Waals surface area contributed by atoms with Gasteiger partial charge < -0.3 is 15.2 Å². The second kappa shape index (κ2) is 4.82. The van der Waals surface area contributed by atoms with Gasteiger partial charge in [-0.2, -0.15) is 13.2 Å². The van der Waals surface area contributed by atoms with E-state index in [1.165, 1.54) is 25.1 Å². The minimum atomic E-state index is -5.02. The topological polar surface area (TPSA) is 58.6 Å². The lowest BCUT2D eigenvalue weighted by Crippen LogP contribution is -2.55. The van der Waals surface area contributed by atoms with Crippen LogP contribution in [0.1, 0.15) is 12.5 Å². The van der Waals surface area contributed by atoms with E-state index in [4.69, 9.17) is 4.74 Å². The van der Waals surface area contributed by atoms with E-state index in [1.807, 2.05) is 0 Å². The van der Waals surface area contributed by atoms with E-state index >= 15 is 0 Å². The lowest BCUT2D eigenvalue weighted by Gasteiger charge is -2.36. The zero-order valence-electron chi connectivity index (χ0n) is 10.5. The number of rotatable bonds is 2. The van der Waals surface area contributed by atoms with Crippen LogP contribution in [-0.2, 0) is 4.79 Å². The summed E-state index contributed by atoms with van der Waals surface area (Å²) in [5, 5.41) is 12.1. The maximum Gasteiger partial charge on any atom is 0.460 e. The van der Waals surface area contributed by atoms with E-state index in [0.717, 1.165) is 0 Å². The van der Waals surface area contributed by atoms with E-state index in [-0.39, 0.29) is 5.75 Å². The molecule has 0 spiro atoms. The Kier molecular flexibility index (Phi) is 3.47. The van der Waals surface area contributed by atoms with Crippen molar-refractivity contribution in [2.45, 2.75) is 18.9 Å². The summed E-state index contributed by atoms with van der Waals surface area (Å²) in [6, 6.07) is 6.02. The Hall–Kier alpha value is -2.02. The molecule has 1 aromatic rings. The lowest BCUT2D eigenvalue weighted by molar-refractivity contribution is -0.317. The first-order chi connectivity index (χ1) is 9.24. The number of fused-ring (bicyclic) bond motifs is 1. The van der Waals surface area contributed by atoms with E-state index in [0.29, 0.717) is 5.56 Å². The number of alkyl halides is 3. The molecule has 1 atom stereocenters. The SMILES string of the molecule is CC(=O)NCC1=Cc2ccccc2OC1(O)C(F)(F)F. The van der Waals surface area contributed by atoms with Crippen LogP contribution in [0.25, 0.3) is 6.08 Å². The number of carbonyl (C=O) groups excluding carboxylic acids is 1. The van der Waals surface area contributed by atoms with Gasteiger partial charge in [-0.25, -0.2) is 0 Å². The van der Waals surface area contributed by atoms with Gasteiger partial charge in [0.25, 0.3) is 0 Å². The summed E-state index contributed by atoms with van der Waals surface area (Å²) in [4.78, 5) is 10.9. The van der Waals surface area contributed by atoms with Crippen molar-refractivity contribution < 1.29 is 27.8 Å². The molecule has 0 aromatic heterocycles. The molecule has 2 N–H and O–H groups in total. The molecule has 2 rings (SSSR count). The molecular formula is C13H12F3NO3. The second-order valence-corrected chi connectivity index (χ2v) is 4.36. The van der Waals surface area contributed by atoms with Crippen molar-refractivity contribution in [2.24, 2.45) is 0 Å². The van der Waals surface area contributed by atoms with Crippen molar-refractivity contribution in [1.82, 2.24) is 5.32 Å². The highest BCUT2D eigenvalue weighted by molar-refractivity contribution is 5.74. The van der Waals surface area contributed by atoms with Gasteiger partial charge in [-0.05, 0) is 12.1 Å². The smallest absolute Gasteiger partial charge is 0.449 e. The molecule has 1 heterocycles. The maximum absolute atomic E-state index is 13.1. The van der Waals surface area contributed by atoms with Crippen LogP contribution in [0.2, 0.25) is 0 Å². The molecule has 1 amide bonds. The molecule has 1 unspecified atom stereocenters. The van der Waals surface area contributed by atoms with Gasteiger partial charge in [0.1, 0.15) is 5.75 Å². The Morgan fingerprint density at radius 1 is 1.40 bits per heavy atom. The number of benzene rings is 1. The van der Waals surface area contributed by atoms with Gasteiger partial charge in [0.05, 0.1) is 0 Å². The predicted molar refractivity (Wildman–Crippen MR) is 64.7 cm³/mol. The van der Waals surface area contributed by atoms with Gasteiger partial charge in [0.2, 0.25) is 5.91 Å². The van der Waals surface area contributed by atoms with E-state index < -0.39 is 30.0 Å². The first-order valence-electron chi connectivity index (χ1n) is 5.76. The van der Waals surface area contributed by atoms with Crippen LogP contribution in [0.3, 0.4) is 0 Å². The minimum Gasteiger partial charge on any atom is -0.449 e. The second-order valence-electron chi connectivity index (χ2n) is 4.36. The van der Waals surface area contributed by atoms with Gasteiger partial charge in [-0.15, -0.1) is 0 Å². The molecule has 0 bridgehead atoms. The van der Waals surface area contributed by atoms with Crippen molar-refractivity contribution in [1.29, 1.82) is 0 Å². The van der Waals surface area contributed by atoms with Gasteiger partial charge >= 0.3 is 12.0 Å². The quantitative estimate of drug-likeness (QED) is 0.872. The van der Waals surface area contributed by atoms with Crippen LogP contribution in [-0.4, -0.2) is 29.5 Å². The van der Waals surface area contributed by atoms with Crippen LogP contribution in [0, 0.1) is 0 Å². The molecule has 0 saturated heterocycles. The first-order valence-corrected chi connectivity index (χ1v) is 5.76. The number of carbonyl (C=O) groups is 1. The molecule has 0 saturated carbocycles. The van der Waals surface area contributed by atoms with E-state index in [2.05, 4.69) is 5.32 Å². The number of hydrogen-bond donors (Lipinski definition) is 2. The van der Waals surface area contributed by atoms with Crippen molar-refractivity contribution >= 4 is 12.0 Å². The molecule has 0 radical (unpaired) electrons. The fourth-order valence-electron chi connectivity index (χ4n) is 1.83. The molecule has 0 fully saturated rings. The highest BCUT2D eigenvalue weighted by atomic mass is 19.4. The highest BCUT2D eigenvalue weighted by Crippen LogP contribution is 2.43. The summed E-state index contributed by atoms with van der Waals surface area (Å²) in [6.45, 7) is 0.713. The summed E-state index contributed by atoms with van der Waals surface area (Å²) in [5.74, 6) is -4.02. The van der Waals surface area contributed by atoms with Crippen LogP contribution >= 0.6 is 0 Å². The Balaban J connectivity index is 2.45. The molecule has 7 heteroatoms. The standard InChI is InChI=1S/C13H12F3NO3/c1-8(18)17-7-10-6-9-4-2-3-5-11(9)20-12(10,19)13(14,15)16/h2-6,19H,7H2,1H3,(H,17,18). The molecule has 1 aliphatic rings. The van der Waals surface area contributed by atoms with E-state index in [1.54, 1.807) is 12.1 Å². The van der Waals surface area contributed by atoms with Crippen LogP contribution < -0.4 is 10.1 Å². The summed E-state index contributed by atoms with van der Waals surface area (Å²) in [6.07, 6.45) is -3.85. The van der Waals surface area contributed by atoms with Crippen molar-refractivity contribution in [3.63, 3.8) is 0 Å². The van der Waals surface area contributed by atoms with Gasteiger partial charge in [-0.1, -0.05) is 18.2 Å². The molecule has 108 valence electrons. The third-order valence-electron chi connectivity index (χ3n) is 2.85. The number of para-hydroxylation sites is 1. The third kappa shape index (κ3) is 2.49. The summed E-state index contributed by atoms with van der Waals surface area (Å²) in [5.41, 5.74) is -0.0688. The van der Waals surface area contributed by atoms with Gasteiger partial charge in [-0.3, -0.25) is 4.79 Å². The van der Waals surface area contributed by atoms with Crippen molar-refractivity contribution in [3.8, 4) is 5.75 Å². The zero-order chi connectivity index (χ0) is 15.0. The zero-order valence-corrected chi connectivity index (χ0v) is 10.5. The molecule has 0 aliphatic carbocycles. The fourth-order valence-corrected chi connectivity index (χ4v) is 1.83. The molecule has 20 heavy (non-hydrogen) atoms. The fraction of sp³-hybridized carbons (Fsp3) is 0.308. The Labute approximate surface area is 112 Å². The average Bonchev–Trinajstić information content (AvgIpc) is 2.34. The third-order valence-corrected chi connectivity index (χ3v) is 2.85. The average molecular weight is 287 g/mol. The molecular weight excluding hydrogens is 275 g/mol.